The van der Waals surface area contributed by atoms with Crippen LogP contribution in [-0.2, 0) is 6.54 Å². The van der Waals surface area contributed by atoms with E-state index in [4.69, 9.17) is 0 Å². The SMILES string of the molecule is CCCNc1ncc(Cn2cnc3ccsc3c2=O)s1. The number of nitrogens with zero attached hydrogens (tertiary/aromatic N) is 3. The number of hydrogen-bond acceptors (Lipinski definition) is 6. The van der Waals surface area contributed by atoms with Crippen LogP contribution in [0.2, 0.25) is 0 Å². The van der Waals surface area contributed by atoms with E-state index in [1.807, 2.05) is 17.6 Å². The van der Waals surface area contributed by atoms with E-state index >= 15 is 0 Å². The van der Waals surface area contributed by atoms with E-state index < -0.39 is 0 Å². The van der Waals surface area contributed by atoms with Gasteiger partial charge in [0.05, 0.1) is 18.4 Å². The summed E-state index contributed by atoms with van der Waals surface area (Å²) in [5.41, 5.74) is 0.785. The van der Waals surface area contributed by atoms with E-state index in [0.29, 0.717) is 11.2 Å². The highest BCUT2D eigenvalue weighted by molar-refractivity contribution is 7.17. The Labute approximate surface area is 123 Å². The second kappa shape index (κ2) is 5.72. The molecule has 3 heterocycles. The molecule has 20 heavy (non-hydrogen) atoms. The fourth-order valence-corrected chi connectivity index (χ4v) is 3.48. The molecule has 5 nitrogen and oxygen atoms in total. The van der Waals surface area contributed by atoms with Crippen molar-refractivity contribution in [3.8, 4) is 0 Å². The molecule has 0 spiro atoms. The number of nitrogens with one attached hydrogen (secondary N) is 1. The molecule has 0 unspecified atom stereocenters. The maximum Gasteiger partial charge on any atom is 0.271 e. The maximum atomic E-state index is 12.3. The summed E-state index contributed by atoms with van der Waals surface area (Å²) in [5.74, 6) is 0. The highest BCUT2D eigenvalue weighted by atomic mass is 32.1. The standard InChI is InChI=1S/C13H14N4OS2/c1-2-4-14-13-15-6-9(20-13)7-17-8-16-10-3-5-19-11(10)12(17)18/h3,5-6,8H,2,4,7H2,1H3,(H,14,15). The Morgan fingerprint density at radius 3 is 3.15 bits per heavy atom. The largest absolute Gasteiger partial charge is 0.362 e. The van der Waals surface area contributed by atoms with Crippen molar-refractivity contribution in [3.63, 3.8) is 0 Å². The van der Waals surface area contributed by atoms with E-state index in [2.05, 4.69) is 22.2 Å². The van der Waals surface area contributed by atoms with Crippen LogP contribution in [-0.4, -0.2) is 21.1 Å². The molecular formula is C13H14N4OS2. The van der Waals surface area contributed by atoms with Crippen molar-refractivity contribution in [3.05, 3.63) is 39.2 Å². The molecule has 0 aliphatic rings. The summed E-state index contributed by atoms with van der Waals surface area (Å²) in [6.07, 6.45) is 4.48. The maximum absolute atomic E-state index is 12.3. The van der Waals surface area contributed by atoms with Crippen LogP contribution >= 0.6 is 22.7 Å². The quantitative estimate of drug-likeness (QED) is 0.787. The van der Waals surface area contributed by atoms with E-state index in [0.717, 1.165) is 28.5 Å². The summed E-state index contributed by atoms with van der Waals surface area (Å²) in [4.78, 5) is 21.9. The number of thiazole rings is 1. The third-order valence-corrected chi connectivity index (χ3v) is 4.67. The van der Waals surface area contributed by atoms with Gasteiger partial charge in [0.25, 0.3) is 5.56 Å². The molecule has 0 atom stereocenters. The van der Waals surface area contributed by atoms with Crippen LogP contribution in [0.5, 0.6) is 0 Å². The van der Waals surface area contributed by atoms with Crippen LogP contribution in [0.15, 0.2) is 28.8 Å². The van der Waals surface area contributed by atoms with Crippen molar-refractivity contribution in [2.45, 2.75) is 19.9 Å². The van der Waals surface area contributed by atoms with Gasteiger partial charge in [0, 0.05) is 17.6 Å². The van der Waals surface area contributed by atoms with Crippen molar-refractivity contribution >= 4 is 38.0 Å². The molecule has 0 aliphatic carbocycles. The first-order chi connectivity index (χ1) is 9.78. The number of fused-ring (bicyclic) bond motifs is 1. The molecule has 3 rings (SSSR count). The van der Waals surface area contributed by atoms with Crippen molar-refractivity contribution in [2.75, 3.05) is 11.9 Å². The van der Waals surface area contributed by atoms with Gasteiger partial charge < -0.3 is 5.32 Å². The summed E-state index contributed by atoms with van der Waals surface area (Å²) < 4.78 is 2.34. The van der Waals surface area contributed by atoms with E-state index in [1.165, 1.54) is 11.3 Å². The number of anilines is 1. The second-order valence-electron chi connectivity index (χ2n) is 4.37. The van der Waals surface area contributed by atoms with Gasteiger partial charge >= 0.3 is 0 Å². The summed E-state index contributed by atoms with van der Waals surface area (Å²) in [5, 5.41) is 6.04. The van der Waals surface area contributed by atoms with E-state index in [1.54, 1.807) is 22.2 Å². The van der Waals surface area contributed by atoms with E-state index in [9.17, 15) is 4.79 Å². The van der Waals surface area contributed by atoms with Crippen molar-refractivity contribution in [1.82, 2.24) is 14.5 Å². The third kappa shape index (κ3) is 2.59. The molecule has 1 N–H and O–H groups in total. The van der Waals surface area contributed by atoms with Gasteiger partial charge in [0.15, 0.2) is 5.13 Å². The molecule has 0 fully saturated rings. The fraction of sp³-hybridized carbons (Fsp3) is 0.308. The minimum atomic E-state index is 0.0152. The zero-order chi connectivity index (χ0) is 13.9. The minimum Gasteiger partial charge on any atom is -0.362 e. The predicted molar refractivity (Wildman–Crippen MR) is 83.9 cm³/mol. The Bertz CT molecular complexity index is 774. The molecule has 0 aromatic carbocycles. The lowest BCUT2D eigenvalue weighted by Gasteiger charge is -2.02. The van der Waals surface area contributed by atoms with Crippen LogP contribution in [0, 0.1) is 0 Å². The molecule has 0 amide bonds. The third-order valence-electron chi connectivity index (χ3n) is 2.84. The van der Waals surface area contributed by atoms with Gasteiger partial charge in [-0.25, -0.2) is 9.97 Å². The Morgan fingerprint density at radius 2 is 2.30 bits per heavy atom. The summed E-state index contributed by atoms with van der Waals surface area (Å²) in [6.45, 7) is 3.55. The van der Waals surface area contributed by atoms with Gasteiger partial charge in [0.2, 0.25) is 0 Å². The molecule has 0 bridgehead atoms. The summed E-state index contributed by atoms with van der Waals surface area (Å²) in [6, 6.07) is 1.87. The zero-order valence-electron chi connectivity index (χ0n) is 11.0. The number of hydrogen-bond donors (Lipinski definition) is 1. The minimum absolute atomic E-state index is 0.0152. The molecule has 0 saturated heterocycles. The van der Waals surface area contributed by atoms with Gasteiger partial charge in [-0.2, -0.15) is 0 Å². The molecule has 104 valence electrons. The Hall–Kier alpha value is -1.73. The molecule has 7 heteroatoms. The Kier molecular flexibility index (Phi) is 3.79. The van der Waals surface area contributed by atoms with E-state index in [-0.39, 0.29) is 5.56 Å². The van der Waals surface area contributed by atoms with Crippen LogP contribution < -0.4 is 10.9 Å². The van der Waals surface area contributed by atoms with Crippen LogP contribution in [0.1, 0.15) is 18.2 Å². The lowest BCUT2D eigenvalue weighted by molar-refractivity contribution is 0.758. The molecule has 3 aromatic heterocycles. The monoisotopic (exact) mass is 306 g/mol. The first kappa shape index (κ1) is 13.3. The molecule has 0 aliphatic heterocycles. The average Bonchev–Trinajstić information content (AvgIpc) is 3.09. The van der Waals surface area contributed by atoms with Gasteiger partial charge in [-0.05, 0) is 17.9 Å². The van der Waals surface area contributed by atoms with Crippen molar-refractivity contribution in [1.29, 1.82) is 0 Å². The topological polar surface area (TPSA) is 59.8 Å². The van der Waals surface area contributed by atoms with Gasteiger partial charge in [0.1, 0.15) is 4.70 Å². The molecule has 0 radical (unpaired) electrons. The Balaban J connectivity index is 1.83. The van der Waals surface area contributed by atoms with Gasteiger partial charge in [-0.3, -0.25) is 9.36 Å². The highest BCUT2D eigenvalue weighted by Crippen LogP contribution is 2.19. The Morgan fingerprint density at radius 1 is 1.40 bits per heavy atom. The predicted octanol–water partition coefficient (Wildman–Crippen LogP) is 2.78. The van der Waals surface area contributed by atoms with Gasteiger partial charge in [-0.1, -0.05) is 6.92 Å². The molecular weight excluding hydrogens is 292 g/mol. The first-order valence-electron chi connectivity index (χ1n) is 6.39. The number of thiophene rings is 1. The fourth-order valence-electron chi connectivity index (χ4n) is 1.85. The summed E-state index contributed by atoms with van der Waals surface area (Å²) >= 11 is 3.01. The van der Waals surface area contributed by atoms with Crippen LogP contribution in [0.25, 0.3) is 10.2 Å². The van der Waals surface area contributed by atoms with Gasteiger partial charge in [-0.15, -0.1) is 22.7 Å². The first-order valence-corrected chi connectivity index (χ1v) is 8.08. The average molecular weight is 306 g/mol. The molecule has 0 saturated carbocycles. The van der Waals surface area contributed by atoms with Crippen molar-refractivity contribution in [2.24, 2.45) is 0 Å². The normalized spacial score (nSPS) is 11.1. The summed E-state index contributed by atoms with van der Waals surface area (Å²) in [7, 11) is 0. The van der Waals surface area contributed by atoms with Crippen LogP contribution in [0.3, 0.4) is 0 Å². The molecule has 3 aromatic rings. The van der Waals surface area contributed by atoms with Crippen molar-refractivity contribution < 1.29 is 0 Å². The zero-order valence-corrected chi connectivity index (χ0v) is 12.6. The number of aromatic nitrogens is 3. The highest BCUT2D eigenvalue weighted by Gasteiger charge is 2.07. The number of rotatable bonds is 5. The second-order valence-corrected chi connectivity index (χ2v) is 6.40. The van der Waals surface area contributed by atoms with Crippen LogP contribution in [0.4, 0.5) is 5.13 Å². The smallest absolute Gasteiger partial charge is 0.271 e. The lowest BCUT2D eigenvalue weighted by Crippen LogP contribution is -2.19. The lowest BCUT2D eigenvalue weighted by atomic mass is 10.4.